The van der Waals surface area contributed by atoms with Crippen molar-refractivity contribution in [1.82, 2.24) is 10.3 Å². The molecule has 0 saturated heterocycles. The van der Waals surface area contributed by atoms with E-state index in [1.54, 1.807) is 22.7 Å². The van der Waals surface area contributed by atoms with Crippen molar-refractivity contribution < 1.29 is 0 Å². The minimum absolute atomic E-state index is 0.752. The molecule has 3 rings (SSSR count). The van der Waals surface area contributed by atoms with E-state index in [-0.39, 0.29) is 0 Å². The van der Waals surface area contributed by atoms with Gasteiger partial charge in [0.2, 0.25) is 0 Å². The second-order valence-electron chi connectivity index (χ2n) is 3.92. The number of hydrogen-bond acceptors (Lipinski definition) is 4. The molecular weight excluding hydrogens is 260 g/mol. The summed E-state index contributed by atoms with van der Waals surface area (Å²) in [6.07, 6.45) is 4.61. The van der Waals surface area contributed by atoms with E-state index in [2.05, 4.69) is 10.3 Å². The van der Waals surface area contributed by atoms with Crippen molar-refractivity contribution in [1.29, 1.82) is 0 Å². The fraction of sp³-hybridized carbons (Fsp3) is 0.364. The van der Waals surface area contributed by atoms with Gasteiger partial charge in [0.1, 0.15) is 5.01 Å². The van der Waals surface area contributed by atoms with Crippen LogP contribution in [0, 0.1) is 0 Å². The van der Waals surface area contributed by atoms with Crippen LogP contribution >= 0.6 is 34.3 Å². The maximum Gasteiger partial charge on any atom is 0.133 e. The van der Waals surface area contributed by atoms with Crippen molar-refractivity contribution >= 4 is 34.3 Å². The normalized spacial score (nSPS) is 15.6. The number of nitrogens with one attached hydrogen (secondary N) is 1. The quantitative estimate of drug-likeness (QED) is 0.915. The molecule has 0 aliphatic heterocycles. The molecule has 84 valence electrons. The molecule has 2 heterocycles. The first-order valence-electron chi connectivity index (χ1n) is 5.24. The van der Waals surface area contributed by atoms with E-state index in [1.165, 1.54) is 17.7 Å². The Bertz CT molecular complexity index is 488. The molecular formula is C11H11ClN2S2. The largest absolute Gasteiger partial charge is 0.309 e. The lowest BCUT2D eigenvalue weighted by Crippen LogP contribution is -2.14. The van der Waals surface area contributed by atoms with Crippen LogP contribution in [0.1, 0.15) is 17.7 Å². The summed E-state index contributed by atoms with van der Waals surface area (Å²) in [5, 5.41) is 7.31. The van der Waals surface area contributed by atoms with Crippen molar-refractivity contribution in [3.8, 4) is 9.88 Å². The molecule has 0 bridgehead atoms. The molecule has 5 heteroatoms. The number of halogens is 1. The summed E-state index contributed by atoms with van der Waals surface area (Å²) >= 11 is 9.30. The highest BCUT2D eigenvalue weighted by Crippen LogP contribution is 2.32. The molecule has 2 nitrogen and oxygen atoms in total. The molecule has 0 amide bonds. The molecule has 2 aromatic rings. The number of aromatic nitrogens is 1. The maximum absolute atomic E-state index is 5.90. The van der Waals surface area contributed by atoms with Gasteiger partial charge >= 0.3 is 0 Å². The van der Waals surface area contributed by atoms with Crippen molar-refractivity contribution in [2.45, 2.75) is 25.4 Å². The lowest BCUT2D eigenvalue weighted by Gasteiger charge is -1.96. The molecule has 0 unspecified atom stereocenters. The van der Waals surface area contributed by atoms with E-state index in [0.29, 0.717) is 0 Å². The molecule has 2 aromatic heterocycles. The summed E-state index contributed by atoms with van der Waals surface area (Å²) in [4.78, 5) is 6.89. The number of hydrogen-bond donors (Lipinski definition) is 1. The highest BCUT2D eigenvalue weighted by molar-refractivity contribution is 7.21. The van der Waals surface area contributed by atoms with Gasteiger partial charge in [-0.3, -0.25) is 0 Å². The van der Waals surface area contributed by atoms with Gasteiger partial charge in [-0.05, 0) is 18.9 Å². The molecule has 1 aliphatic rings. The van der Waals surface area contributed by atoms with Crippen molar-refractivity contribution in [3.63, 3.8) is 0 Å². The predicted octanol–water partition coefficient (Wildman–Crippen LogP) is 3.78. The molecule has 0 aromatic carbocycles. The predicted molar refractivity (Wildman–Crippen MR) is 70.3 cm³/mol. The van der Waals surface area contributed by atoms with E-state index < -0.39 is 0 Å². The van der Waals surface area contributed by atoms with Crippen LogP contribution in [0.5, 0.6) is 0 Å². The minimum atomic E-state index is 0.752. The second-order valence-corrected chi connectivity index (χ2v) is 6.38. The highest BCUT2D eigenvalue weighted by Gasteiger charge is 2.20. The first kappa shape index (κ1) is 10.7. The lowest BCUT2D eigenvalue weighted by atomic mass is 10.5. The van der Waals surface area contributed by atoms with Crippen LogP contribution in [0.4, 0.5) is 0 Å². The zero-order valence-electron chi connectivity index (χ0n) is 8.57. The summed E-state index contributed by atoms with van der Waals surface area (Å²) in [6, 6.07) is 2.73. The van der Waals surface area contributed by atoms with Crippen LogP contribution in [0.3, 0.4) is 0 Å². The smallest absolute Gasteiger partial charge is 0.133 e. The van der Waals surface area contributed by atoms with Crippen LogP contribution in [0.2, 0.25) is 5.02 Å². The zero-order chi connectivity index (χ0) is 11.0. The van der Waals surface area contributed by atoms with Gasteiger partial charge in [0, 0.05) is 29.0 Å². The zero-order valence-corrected chi connectivity index (χ0v) is 11.0. The van der Waals surface area contributed by atoms with Crippen molar-refractivity contribution in [3.05, 3.63) is 27.5 Å². The second kappa shape index (κ2) is 4.45. The van der Waals surface area contributed by atoms with E-state index in [4.69, 9.17) is 11.6 Å². The van der Waals surface area contributed by atoms with Gasteiger partial charge in [-0.25, -0.2) is 4.98 Å². The molecule has 1 aliphatic carbocycles. The van der Waals surface area contributed by atoms with Gasteiger partial charge in [-0.2, -0.15) is 0 Å². The van der Waals surface area contributed by atoms with Crippen LogP contribution in [-0.4, -0.2) is 11.0 Å². The van der Waals surface area contributed by atoms with Gasteiger partial charge in [-0.15, -0.1) is 22.7 Å². The monoisotopic (exact) mass is 270 g/mol. The first-order valence-corrected chi connectivity index (χ1v) is 7.31. The molecule has 16 heavy (non-hydrogen) atoms. The fourth-order valence-corrected chi connectivity index (χ4v) is 3.47. The standard InChI is InChI=1S/C11H11ClN2S2/c12-7-3-10(15-6-7)11-14-5-9(16-11)4-13-8-1-2-8/h3,5-6,8,13H,1-2,4H2. The lowest BCUT2D eigenvalue weighted by molar-refractivity contribution is 0.694. The Kier molecular flexibility index (Phi) is 2.98. The summed E-state index contributed by atoms with van der Waals surface area (Å²) in [5.74, 6) is 0. The van der Waals surface area contributed by atoms with E-state index in [9.17, 15) is 0 Å². The molecule has 1 fully saturated rings. The Labute approximate surface area is 107 Å². The van der Waals surface area contributed by atoms with Crippen molar-refractivity contribution in [2.75, 3.05) is 0 Å². The van der Waals surface area contributed by atoms with Crippen LogP contribution < -0.4 is 5.32 Å². The van der Waals surface area contributed by atoms with Crippen LogP contribution in [0.15, 0.2) is 17.6 Å². The van der Waals surface area contributed by atoms with Gasteiger partial charge in [0.25, 0.3) is 0 Å². The summed E-state index contributed by atoms with van der Waals surface area (Å²) < 4.78 is 0. The van der Waals surface area contributed by atoms with Gasteiger partial charge in [-0.1, -0.05) is 11.6 Å². The van der Waals surface area contributed by atoms with Crippen LogP contribution in [0.25, 0.3) is 9.88 Å². The molecule has 0 spiro atoms. The van der Waals surface area contributed by atoms with Crippen molar-refractivity contribution in [2.24, 2.45) is 0 Å². The van der Waals surface area contributed by atoms with E-state index in [1.807, 2.05) is 17.6 Å². The molecule has 0 atom stereocenters. The van der Waals surface area contributed by atoms with Gasteiger partial charge in [0.15, 0.2) is 0 Å². The number of thiazole rings is 1. The number of rotatable bonds is 4. The molecule has 1 saturated carbocycles. The average Bonchev–Trinajstić information content (AvgIpc) is 2.81. The third-order valence-electron chi connectivity index (χ3n) is 2.47. The summed E-state index contributed by atoms with van der Waals surface area (Å²) in [5.41, 5.74) is 0. The Balaban J connectivity index is 1.71. The maximum atomic E-state index is 5.90. The fourth-order valence-electron chi connectivity index (χ4n) is 1.46. The van der Waals surface area contributed by atoms with E-state index >= 15 is 0 Å². The first-order chi connectivity index (χ1) is 7.81. The molecule has 1 N–H and O–H groups in total. The summed E-state index contributed by atoms with van der Waals surface area (Å²) in [7, 11) is 0. The Morgan fingerprint density at radius 3 is 3.06 bits per heavy atom. The Hall–Kier alpha value is -0.420. The Morgan fingerprint density at radius 2 is 2.38 bits per heavy atom. The van der Waals surface area contributed by atoms with Gasteiger partial charge < -0.3 is 5.32 Å². The van der Waals surface area contributed by atoms with E-state index in [0.717, 1.165) is 27.5 Å². The average molecular weight is 271 g/mol. The van der Waals surface area contributed by atoms with Crippen LogP contribution in [-0.2, 0) is 6.54 Å². The molecule has 0 radical (unpaired) electrons. The third kappa shape index (κ3) is 2.46. The topological polar surface area (TPSA) is 24.9 Å². The number of nitrogens with zero attached hydrogens (tertiary/aromatic N) is 1. The SMILES string of the molecule is Clc1csc(-c2ncc(CNC3CC3)s2)c1. The summed E-state index contributed by atoms with van der Waals surface area (Å²) in [6.45, 7) is 0.946. The number of thiophene rings is 1. The highest BCUT2D eigenvalue weighted by atomic mass is 35.5. The van der Waals surface area contributed by atoms with Gasteiger partial charge in [0.05, 0.1) is 9.90 Å². The minimum Gasteiger partial charge on any atom is -0.309 e. The third-order valence-corrected chi connectivity index (χ3v) is 4.92. The Morgan fingerprint density at radius 1 is 1.50 bits per heavy atom.